The lowest BCUT2D eigenvalue weighted by Crippen LogP contribution is -2.30. The molecule has 5 nitrogen and oxygen atoms in total. The molecule has 1 atom stereocenters. The average molecular weight is 365 g/mol. The minimum absolute atomic E-state index is 0.00730. The number of aryl methyl sites for hydroxylation is 1. The summed E-state index contributed by atoms with van der Waals surface area (Å²) in [6.45, 7) is 2.01. The average Bonchev–Trinajstić information content (AvgIpc) is 3.04. The Labute approximate surface area is 155 Å². The predicted octanol–water partition coefficient (Wildman–Crippen LogP) is 4.13. The van der Waals surface area contributed by atoms with Crippen molar-refractivity contribution in [3.05, 3.63) is 53.6 Å². The van der Waals surface area contributed by atoms with E-state index in [-0.39, 0.29) is 17.7 Å². The van der Waals surface area contributed by atoms with Crippen molar-refractivity contribution < 1.29 is 9.59 Å². The summed E-state index contributed by atoms with van der Waals surface area (Å²) in [4.78, 5) is 29.0. The second kappa shape index (κ2) is 6.88. The molecule has 0 radical (unpaired) electrons. The van der Waals surface area contributed by atoms with E-state index in [1.54, 1.807) is 0 Å². The van der Waals surface area contributed by atoms with E-state index in [0.717, 1.165) is 27.0 Å². The third-order valence-corrected chi connectivity index (χ3v) is 5.64. The first kappa shape index (κ1) is 16.7. The molecule has 2 aromatic carbocycles. The molecular weight excluding hydrogens is 346 g/mol. The quantitative estimate of drug-likeness (QED) is 0.730. The molecule has 3 aromatic rings. The van der Waals surface area contributed by atoms with E-state index in [4.69, 9.17) is 0 Å². The number of hydrogen-bond donors (Lipinski definition) is 2. The van der Waals surface area contributed by atoms with Gasteiger partial charge in [0.15, 0.2) is 5.13 Å². The molecule has 1 aliphatic rings. The molecule has 0 spiro atoms. The molecule has 0 bridgehead atoms. The first-order chi connectivity index (χ1) is 12.6. The van der Waals surface area contributed by atoms with Gasteiger partial charge >= 0.3 is 0 Å². The Balaban J connectivity index is 1.38. The topological polar surface area (TPSA) is 71.1 Å². The lowest BCUT2D eigenvalue weighted by Gasteiger charge is -2.24. The van der Waals surface area contributed by atoms with Gasteiger partial charge < -0.3 is 10.6 Å². The molecule has 0 aliphatic carbocycles. The van der Waals surface area contributed by atoms with Gasteiger partial charge in [-0.05, 0) is 43.0 Å². The fourth-order valence-corrected chi connectivity index (χ4v) is 4.23. The predicted molar refractivity (Wildman–Crippen MR) is 104 cm³/mol. The number of rotatable bonds is 4. The van der Waals surface area contributed by atoms with Crippen molar-refractivity contribution >= 4 is 44.2 Å². The third-order valence-electron chi connectivity index (χ3n) is 4.70. The molecule has 4 rings (SSSR count). The van der Waals surface area contributed by atoms with Gasteiger partial charge in [-0.15, -0.1) is 0 Å². The highest BCUT2D eigenvalue weighted by atomic mass is 32.1. The normalized spacial score (nSPS) is 16.2. The molecule has 132 valence electrons. The summed E-state index contributed by atoms with van der Waals surface area (Å²) >= 11 is 1.47. The van der Waals surface area contributed by atoms with Crippen LogP contribution in [0.5, 0.6) is 0 Å². The lowest BCUT2D eigenvalue weighted by molar-refractivity contribution is -0.121. The van der Waals surface area contributed by atoms with Crippen LogP contribution in [0.25, 0.3) is 10.2 Å². The van der Waals surface area contributed by atoms with Crippen LogP contribution in [0.1, 0.15) is 24.0 Å². The van der Waals surface area contributed by atoms with Crippen LogP contribution in [0.2, 0.25) is 0 Å². The number of aromatic nitrogens is 1. The summed E-state index contributed by atoms with van der Waals surface area (Å²) in [7, 11) is 0. The van der Waals surface area contributed by atoms with Crippen molar-refractivity contribution in [2.45, 2.75) is 26.2 Å². The number of anilines is 2. The van der Waals surface area contributed by atoms with Gasteiger partial charge in [0.25, 0.3) is 0 Å². The summed E-state index contributed by atoms with van der Waals surface area (Å²) in [5, 5.41) is 6.40. The number of carbonyl (C=O) groups is 2. The Bertz CT molecular complexity index is 996. The largest absolute Gasteiger partial charge is 0.326 e. The minimum Gasteiger partial charge on any atom is -0.326 e. The highest BCUT2D eigenvalue weighted by Crippen LogP contribution is 2.29. The van der Waals surface area contributed by atoms with Crippen LogP contribution < -0.4 is 10.6 Å². The highest BCUT2D eigenvalue weighted by Gasteiger charge is 2.26. The van der Waals surface area contributed by atoms with E-state index in [1.165, 1.54) is 11.3 Å². The fourth-order valence-electron chi connectivity index (χ4n) is 3.27. The second-order valence-corrected chi connectivity index (χ2v) is 7.61. The van der Waals surface area contributed by atoms with Crippen LogP contribution in [0.15, 0.2) is 42.5 Å². The van der Waals surface area contributed by atoms with Crippen LogP contribution in [0.3, 0.4) is 0 Å². The summed E-state index contributed by atoms with van der Waals surface area (Å²) in [5.41, 5.74) is 4.02. The van der Waals surface area contributed by atoms with Crippen molar-refractivity contribution in [1.29, 1.82) is 0 Å². The summed E-state index contributed by atoms with van der Waals surface area (Å²) in [6.07, 6.45) is 1.50. The van der Waals surface area contributed by atoms with Gasteiger partial charge in [0.05, 0.1) is 10.2 Å². The van der Waals surface area contributed by atoms with Crippen LogP contribution in [0, 0.1) is 12.8 Å². The number of fused-ring (bicyclic) bond motifs is 2. The molecule has 2 amide bonds. The molecule has 6 heteroatoms. The van der Waals surface area contributed by atoms with Gasteiger partial charge in [-0.1, -0.05) is 41.7 Å². The summed E-state index contributed by atoms with van der Waals surface area (Å²) in [5.74, 6) is -0.284. The van der Waals surface area contributed by atoms with Gasteiger partial charge in [0.1, 0.15) is 0 Å². The first-order valence-electron chi connectivity index (χ1n) is 8.65. The Morgan fingerprint density at radius 1 is 1.27 bits per heavy atom. The van der Waals surface area contributed by atoms with Gasteiger partial charge in [0, 0.05) is 18.0 Å². The maximum atomic E-state index is 12.3. The van der Waals surface area contributed by atoms with E-state index in [1.807, 2.05) is 49.4 Å². The van der Waals surface area contributed by atoms with Gasteiger partial charge in [0.2, 0.25) is 11.8 Å². The third kappa shape index (κ3) is 3.32. The second-order valence-electron chi connectivity index (χ2n) is 6.57. The first-order valence-corrected chi connectivity index (χ1v) is 9.46. The molecule has 2 N–H and O–H groups in total. The van der Waals surface area contributed by atoms with E-state index in [2.05, 4.69) is 15.6 Å². The molecule has 0 unspecified atom stereocenters. The smallest absolute Gasteiger partial charge is 0.227 e. The molecule has 0 saturated heterocycles. The molecule has 2 heterocycles. The number of benzene rings is 2. The van der Waals surface area contributed by atoms with Gasteiger partial charge in [-0.25, -0.2) is 4.98 Å². The SMILES string of the molecule is Cc1cccc2sc(NC(=O)CC[C@@H]3Cc4ccccc4NC3=O)nc12. The monoisotopic (exact) mass is 365 g/mol. The Kier molecular flexibility index (Phi) is 4.42. The highest BCUT2D eigenvalue weighted by molar-refractivity contribution is 7.22. The van der Waals surface area contributed by atoms with Crippen molar-refractivity contribution in [2.24, 2.45) is 5.92 Å². The summed E-state index contributed by atoms with van der Waals surface area (Å²) < 4.78 is 1.06. The zero-order chi connectivity index (χ0) is 18.1. The van der Waals surface area contributed by atoms with Crippen molar-refractivity contribution in [2.75, 3.05) is 10.6 Å². The van der Waals surface area contributed by atoms with Crippen LogP contribution in [-0.4, -0.2) is 16.8 Å². The van der Waals surface area contributed by atoms with Crippen molar-refractivity contribution in [1.82, 2.24) is 4.98 Å². The summed E-state index contributed by atoms with van der Waals surface area (Å²) in [6, 6.07) is 13.8. The van der Waals surface area contributed by atoms with Crippen molar-refractivity contribution in [3.63, 3.8) is 0 Å². The Hall–Kier alpha value is -2.73. The number of carbonyl (C=O) groups excluding carboxylic acids is 2. The lowest BCUT2D eigenvalue weighted by atomic mass is 9.89. The van der Waals surface area contributed by atoms with Gasteiger partial charge in [-0.3, -0.25) is 9.59 Å². The molecule has 1 aromatic heterocycles. The van der Waals surface area contributed by atoms with E-state index in [9.17, 15) is 9.59 Å². The number of thiazole rings is 1. The standard InChI is InChI=1S/C20H19N3O2S/c1-12-5-4-8-16-18(12)23-20(26-16)22-17(24)10-9-14-11-13-6-2-3-7-15(13)21-19(14)25/h2-8,14H,9-11H2,1H3,(H,21,25)(H,22,23,24)/t14-/m1/s1. The van der Waals surface area contributed by atoms with Crippen molar-refractivity contribution in [3.8, 4) is 0 Å². The molecule has 0 fully saturated rings. The number of nitrogens with one attached hydrogen (secondary N) is 2. The zero-order valence-electron chi connectivity index (χ0n) is 14.4. The number of amides is 2. The maximum absolute atomic E-state index is 12.3. The fraction of sp³-hybridized carbons (Fsp3) is 0.250. The zero-order valence-corrected chi connectivity index (χ0v) is 15.2. The van der Waals surface area contributed by atoms with Crippen LogP contribution in [0.4, 0.5) is 10.8 Å². The van der Waals surface area contributed by atoms with E-state index >= 15 is 0 Å². The van der Waals surface area contributed by atoms with Gasteiger partial charge in [-0.2, -0.15) is 0 Å². The molecular formula is C20H19N3O2S. The van der Waals surface area contributed by atoms with Crippen LogP contribution in [-0.2, 0) is 16.0 Å². The van der Waals surface area contributed by atoms with E-state index in [0.29, 0.717) is 24.4 Å². The number of para-hydroxylation sites is 2. The van der Waals surface area contributed by atoms with Crippen LogP contribution >= 0.6 is 11.3 Å². The molecule has 26 heavy (non-hydrogen) atoms. The van der Waals surface area contributed by atoms with E-state index < -0.39 is 0 Å². The number of nitrogens with zero attached hydrogens (tertiary/aromatic N) is 1. The minimum atomic E-state index is -0.173. The Morgan fingerprint density at radius 2 is 2.12 bits per heavy atom. The Morgan fingerprint density at radius 3 is 2.96 bits per heavy atom. The molecule has 0 saturated carbocycles. The maximum Gasteiger partial charge on any atom is 0.227 e. The number of hydrogen-bond acceptors (Lipinski definition) is 4. The molecule has 1 aliphatic heterocycles.